The predicted molar refractivity (Wildman–Crippen MR) is 108 cm³/mol. The van der Waals surface area contributed by atoms with Crippen molar-refractivity contribution >= 4 is 52.1 Å². The number of hydrogen-bond donors (Lipinski definition) is 3. The molecule has 0 radical (unpaired) electrons. The Labute approximate surface area is 172 Å². The Kier molecular flexibility index (Phi) is 5.05. The molecule has 3 N–H and O–H groups in total. The van der Waals surface area contributed by atoms with Crippen molar-refractivity contribution in [1.82, 2.24) is 20.3 Å². The Balaban J connectivity index is 1.63. The summed E-state index contributed by atoms with van der Waals surface area (Å²) in [6.07, 6.45) is 1.21. The van der Waals surface area contributed by atoms with E-state index in [4.69, 9.17) is 11.6 Å². The quantitative estimate of drug-likeness (QED) is 0.236. The van der Waals surface area contributed by atoms with E-state index in [0.717, 1.165) is 0 Å². The number of nitrogens with one attached hydrogen (secondary N) is 2. The topological polar surface area (TPSA) is 164 Å². The van der Waals surface area contributed by atoms with Gasteiger partial charge in [-0.3, -0.25) is 15.5 Å². The summed E-state index contributed by atoms with van der Waals surface area (Å²) in [6, 6.07) is 10.5. The van der Waals surface area contributed by atoms with Crippen LogP contribution in [0.2, 0.25) is 5.02 Å². The van der Waals surface area contributed by atoms with E-state index in [-0.39, 0.29) is 39.9 Å². The molecule has 12 nitrogen and oxygen atoms in total. The molecule has 0 unspecified atom stereocenters. The maximum Gasteiger partial charge on any atom is 0.270 e. The molecule has 4 aromatic rings. The molecule has 2 heterocycles. The maximum absolute atomic E-state index is 10.9. The number of phenolic OH excluding ortho intramolecular Hbond substituents is 1. The van der Waals surface area contributed by atoms with Crippen LogP contribution in [0.25, 0.3) is 11.3 Å². The molecule has 0 amide bonds. The van der Waals surface area contributed by atoms with Crippen LogP contribution in [-0.2, 0) is 0 Å². The lowest BCUT2D eigenvalue weighted by Crippen LogP contribution is -2.03. The zero-order valence-electron chi connectivity index (χ0n) is 14.9. The Morgan fingerprint density at radius 3 is 2.50 bits per heavy atom. The number of aromatic nitrogens is 4. The number of hydrogen-bond acceptors (Lipinski definition) is 11. The second kappa shape index (κ2) is 7.97. The summed E-state index contributed by atoms with van der Waals surface area (Å²) in [6.45, 7) is 0. The summed E-state index contributed by atoms with van der Waals surface area (Å²) >= 11 is 5.90. The number of phenols is 1. The van der Waals surface area contributed by atoms with Crippen LogP contribution in [0.1, 0.15) is 5.56 Å². The molecule has 150 valence electrons. The molecule has 0 aliphatic heterocycles. The summed E-state index contributed by atoms with van der Waals surface area (Å²) < 4.78 is 4.63. The molecule has 4 rings (SSSR count). The molecule has 0 spiro atoms. The SMILES string of the molecule is O=[N+]([O-])c1ccc(O)c(/C=N/Nc2nc3nonc3nc2Nc2ccc(Cl)cc2)c1. The van der Waals surface area contributed by atoms with Crippen molar-refractivity contribution < 1.29 is 14.7 Å². The molecule has 2 aromatic heterocycles. The highest BCUT2D eigenvalue weighted by Crippen LogP contribution is 2.25. The molecule has 0 saturated heterocycles. The number of rotatable bonds is 6. The van der Waals surface area contributed by atoms with Gasteiger partial charge in [0.05, 0.1) is 11.1 Å². The molecule has 0 bridgehead atoms. The van der Waals surface area contributed by atoms with E-state index >= 15 is 0 Å². The molecule has 0 aliphatic carbocycles. The van der Waals surface area contributed by atoms with Crippen LogP contribution in [0.4, 0.5) is 23.0 Å². The van der Waals surface area contributed by atoms with Gasteiger partial charge < -0.3 is 10.4 Å². The van der Waals surface area contributed by atoms with Crippen molar-refractivity contribution in [3.8, 4) is 5.75 Å². The minimum absolute atomic E-state index is 0.140. The van der Waals surface area contributed by atoms with Gasteiger partial charge in [-0.05, 0) is 40.6 Å². The second-order valence-electron chi connectivity index (χ2n) is 5.83. The van der Waals surface area contributed by atoms with Crippen molar-refractivity contribution in [3.63, 3.8) is 0 Å². The molecule has 13 heteroatoms. The molecule has 2 aromatic carbocycles. The van der Waals surface area contributed by atoms with Gasteiger partial charge in [0.2, 0.25) is 11.3 Å². The van der Waals surface area contributed by atoms with Crippen molar-refractivity contribution in [2.75, 3.05) is 10.7 Å². The van der Waals surface area contributed by atoms with Gasteiger partial charge in [0.25, 0.3) is 5.69 Å². The van der Waals surface area contributed by atoms with Crippen LogP contribution in [0.3, 0.4) is 0 Å². The molecular formula is C17H11ClN8O4. The van der Waals surface area contributed by atoms with Crippen molar-refractivity contribution in [2.45, 2.75) is 0 Å². The average molecular weight is 427 g/mol. The monoisotopic (exact) mass is 426 g/mol. The Bertz CT molecular complexity index is 1260. The Morgan fingerprint density at radius 2 is 1.80 bits per heavy atom. The van der Waals surface area contributed by atoms with E-state index in [2.05, 4.69) is 40.8 Å². The summed E-state index contributed by atoms with van der Waals surface area (Å²) in [5, 5.41) is 35.7. The van der Waals surface area contributed by atoms with E-state index in [0.29, 0.717) is 10.7 Å². The maximum atomic E-state index is 10.9. The molecule has 0 aliphatic rings. The van der Waals surface area contributed by atoms with E-state index in [9.17, 15) is 15.2 Å². The van der Waals surface area contributed by atoms with Crippen LogP contribution in [0.15, 0.2) is 52.2 Å². The largest absolute Gasteiger partial charge is 0.507 e. The third-order valence-electron chi connectivity index (χ3n) is 3.82. The summed E-state index contributed by atoms with van der Waals surface area (Å²) in [5.41, 5.74) is 3.62. The summed E-state index contributed by atoms with van der Waals surface area (Å²) in [4.78, 5) is 18.8. The molecule has 0 fully saturated rings. The first-order chi connectivity index (χ1) is 14.5. The van der Waals surface area contributed by atoms with Crippen LogP contribution >= 0.6 is 11.6 Å². The fourth-order valence-electron chi connectivity index (χ4n) is 2.39. The minimum atomic E-state index is -0.574. The van der Waals surface area contributed by atoms with Gasteiger partial charge in [-0.25, -0.2) is 9.61 Å². The van der Waals surface area contributed by atoms with Crippen molar-refractivity contribution in [1.29, 1.82) is 0 Å². The third kappa shape index (κ3) is 4.07. The molecule has 0 atom stereocenters. The van der Waals surface area contributed by atoms with Gasteiger partial charge in [0.15, 0.2) is 11.6 Å². The third-order valence-corrected chi connectivity index (χ3v) is 4.07. The molecule has 0 saturated carbocycles. The van der Waals surface area contributed by atoms with Crippen LogP contribution in [-0.4, -0.2) is 36.5 Å². The minimum Gasteiger partial charge on any atom is -0.507 e. The van der Waals surface area contributed by atoms with Crippen LogP contribution in [0.5, 0.6) is 5.75 Å². The lowest BCUT2D eigenvalue weighted by atomic mass is 10.2. The highest BCUT2D eigenvalue weighted by atomic mass is 35.5. The standard InChI is InChI=1S/C17H11ClN8O4/c18-10-1-3-11(4-2-10)20-14-15(22-17-16(21-14)24-30-25-17)23-19-8-9-7-12(26(28)29)5-6-13(9)27/h1-8,27H,(H,20,21,24)(H,22,23,25)/b19-8+. The Hall–Kier alpha value is -4.32. The number of nitro benzene ring substituents is 1. The number of fused-ring (bicyclic) bond motifs is 1. The first kappa shape index (κ1) is 19.0. The number of nitro groups is 1. The van der Waals surface area contributed by atoms with Gasteiger partial charge in [-0.1, -0.05) is 11.6 Å². The molecular weight excluding hydrogens is 416 g/mol. The highest BCUT2D eigenvalue weighted by Gasteiger charge is 2.13. The van der Waals surface area contributed by atoms with Gasteiger partial charge >= 0.3 is 0 Å². The smallest absolute Gasteiger partial charge is 0.270 e. The zero-order chi connectivity index (χ0) is 21.1. The number of anilines is 3. The Morgan fingerprint density at radius 1 is 1.10 bits per heavy atom. The van der Waals surface area contributed by atoms with Gasteiger partial charge in [-0.2, -0.15) is 10.1 Å². The lowest BCUT2D eigenvalue weighted by Gasteiger charge is -2.09. The van der Waals surface area contributed by atoms with Crippen molar-refractivity contribution in [3.05, 3.63) is 63.2 Å². The fourth-order valence-corrected chi connectivity index (χ4v) is 2.52. The lowest BCUT2D eigenvalue weighted by molar-refractivity contribution is -0.384. The van der Waals surface area contributed by atoms with E-state index in [1.807, 2.05) is 0 Å². The number of halogens is 1. The van der Waals surface area contributed by atoms with Gasteiger partial charge in [0.1, 0.15) is 5.75 Å². The molecule has 30 heavy (non-hydrogen) atoms. The number of benzene rings is 2. The summed E-state index contributed by atoms with van der Waals surface area (Å²) in [7, 11) is 0. The van der Waals surface area contributed by atoms with E-state index in [1.54, 1.807) is 24.3 Å². The second-order valence-corrected chi connectivity index (χ2v) is 6.27. The van der Waals surface area contributed by atoms with E-state index in [1.165, 1.54) is 24.4 Å². The van der Waals surface area contributed by atoms with E-state index < -0.39 is 4.92 Å². The summed E-state index contributed by atoms with van der Waals surface area (Å²) in [5.74, 6) is 0.267. The first-order valence-electron chi connectivity index (χ1n) is 8.29. The number of aromatic hydroxyl groups is 1. The number of nitrogens with zero attached hydrogens (tertiary/aromatic N) is 6. The van der Waals surface area contributed by atoms with Gasteiger partial charge in [0, 0.05) is 28.4 Å². The fraction of sp³-hybridized carbons (Fsp3) is 0. The first-order valence-corrected chi connectivity index (χ1v) is 8.67. The highest BCUT2D eigenvalue weighted by molar-refractivity contribution is 6.30. The van der Waals surface area contributed by atoms with Crippen LogP contribution in [0, 0.1) is 10.1 Å². The van der Waals surface area contributed by atoms with Gasteiger partial charge in [-0.15, -0.1) is 0 Å². The normalized spacial score (nSPS) is 11.1. The van der Waals surface area contributed by atoms with Crippen LogP contribution < -0.4 is 10.7 Å². The average Bonchev–Trinajstić information content (AvgIpc) is 3.18. The predicted octanol–water partition coefficient (Wildman–Crippen LogP) is 3.47. The number of hydrazone groups is 1. The zero-order valence-corrected chi connectivity index (χ0v) is 15.6. The number of non-ortho nitro benzene ring substituents is 1. The van der Waals surface area contributed by atoms with Crippen molar-refractivity contribution in [2.24, 2.45) is 5.10 Å².